The van der Waals surface area contributed by atoms with Crippen molar-refractivity contribution in [1.29, 1.82) is 0 Å². The van der Waals surface area contributed by atoms with E-state index in [9.17, 15) is 4.79 Å². The maximum absolute atomic E-state index is 12.4. The topological polar surface area (TPSA) is 45.2 Å². The Bertz CT molecular complexity index is 441. The number of amides is 1. The van der Waals surface area contributed by atoms with Crippen molar-refractivity contribution in [2.24, 2.45) is 5.92 Å². The molecule has 1 aromatic rings. The first-order valence-corrected chi connectivity index (χ1v) is 9.08. The molecule has 0 saturated carbocycles. The number of nitrogens with one attached hydrogen (secondary N) is 1. The van der Waals surface area contributed by atoms with Gasteiger partial charge in [-0.15, -0.1) is 0 Å². The number of thioether (sulfide) groups is 1. The first-order valence-electron chi connectivity index (χ1n) is 7.69. The third-order valence-corrected chi connectivity index (χ3v) is 4.61. The minimum atomic E-state index is 0.114. The molecular formula is C16H25N3OS. The molecule has 116 valence electrons. The number of nitrogens with zero attached hydrogens (tertiary/aromatic N) is 2. The van der Waals surface area contributed by atoms with Crippen LogP contribution in [0.25, 0.3) is 0 Å². The van der Waals surface area contributed by atoms with Crippen LogP contribution in [0.1, 0.15) is 36.5 Å². The molecule has 0 unspecified atom stereocenters. The molecule has 21 heavy (non-hydrogen) atoms. The number of carbonyl (C=O) groups is 1. The maximum atomic E-state index is 12.4. The Balaban J connectivity index is 1.85. The second kappa shape index (κ2) is 8.27. The van der Waals surface area contributed by atoms with Gasteiger partial charge in [-0.2, -0.15) is 11.8 Å². The highest BCUT2D eigenvalue weighted by Gasteiger charge is 2.21. The molecule has 1 aliphatic heterocycles. The molecule has 0 spiro atoms. The third kappa shape index (κ3) is 4.92. The molecule has 0 atom stereocenters. The lowest BCUT2D eigenvalue weighted by Crippen LogP contribution is -2.37. The standard InChI is InChI=1S/C16H25N3OS/c1-13-6-9-19(10-7-13)16(20)14-4-5-15(18-12-14)17-8-3-11-21-2/h4-5,12-13H,3,6-11H2,1-2H3,(H,17,18). The summed E-state index contributed by atoms with van der Waals surface area (Å²) in [6.07, 6.45) is 7.13. The fraction of sp³-hybridized carbons (Fsp3) is 0.625. The van der Waals surface area contributed by atoms with Crippen molar-refractivity contribution in [3.8, 4) is 0 Å². The number of likely N-dealkylation sites (tertiary alicyclic amines) is 1. The van der Waals surface area contributed by atoms with Gasteiger partial charge in [0.25, 0.3) is 5.91 Å². The number of aromatic nitrogens is 1. The van der Waals surface area contributed by atoms with Crippen molar-refractivity contribution >= 4 is 23.5 Å². The van der Waals surface area contributed by atoms with Crippen LogP contribution in [0.4, 0.5) is 5.82 Å². The molecule has 1 saturated heterocycles. The van der Waals surface area contributed by atoms with E-state index in [-0.39, 0.29) is 5.91 Å². The van der Waals surface area contributed by atoms with Crippen LogP contribution in [0, 0.1) is 5.92 Å². The van der Waals surface area contributed by atoms with Gasteiger partial charge in [0.1, 0.15) is 5.82 Å². The lowest BCUT2D eigenvalue weighted by molar-refractivity contribution is 0.0697. The first kappa shape index (κ1) is 16.1. The number of rotatable bonds is 6. The lowest BCUT2D eigenvalue weighted by atomic mass is 9.99. The molecule has 5 heteroatoms. The van der Waals surface area contributed by atoms with Crippen LogP contribution in [-0.4, -0.2) is 47.4 Å². The van der Waals surface area contributed by atoms with E-state index in [2.05, 4.69) is 23.5 Å². The van der Waals surface area contributed by atoms with E-state index in [4.69, 9.17) is 0 Å². The predicted molar refractivity (Wildman–Crippen MR) is 90.0 cm³/mol. The molecule has 0 aliphatic carbocycles. The molecule has 1 aromatic heterocycles. The van der Waals surface area contributed by atoms with E-state index < -0.39 is 0 Å². The molecule has 0 bridgehead atoms. The van der Waals surface area contributed by atoms with E-state index in [1.807, 2.05) is 28.8 Å². The fourth-order valence-electron chi connectivity index (χ4n) is 2.45. The summed E-state index contributed by atoms with van der Waals surface area (Å²) in [7, 11) is 0. The van der Waals surface area contributed by atoms with E-state index in [1.54, 1.807) is 6.20 Å². The van der Waals surface area contributed by atoms with Crippen LogP contribution in [0.3, 0.4) is 0 Å². The predicted octanol–water partition coefficient (Wildman–Crippen LogP) is 3.12. The molecule has 0 radical (unpaired) electrons. The van der Waals surface area contributed by atoms with E-state index in [0.717, 1.165) is 56.4 Å². The minimum Gasteiger partial charge on any atom is -0.370 e. The van der Waals surface area contributed by atoms with Crippen molar-refractivity contribution in [2.75, 3.05) is 37.0 Å². The van der Waals surface area contributed by atoms with Gasteiger partial charge in [0.05, 0.1) is 5.56 Å². The zero-order valence-corrected chi connectivity index (χ0v) is 13.8. The summed E-state index contributed by atoms with van der Waals surface area (Å²) < 4.78 is 0. The van der Waals surface area contributed by atoms with Gasteiger partial charge in [-0.25, -0.2) is 4.98 Å². The molecule has 1 fully saturated rings. The van der Waals surface area contributed by atoms with E-state index in [1.165, 1.54) is 0 Å². The molecule has 2 rings (SSSR count). The Kier molecular flexibility index (Phi) is 6.36. The molecule has 0 aromatic carbocycles. The summed E-state index contributed by atoms with van der Waals surface area (Å²) in [5.41, 5.74) is 0.694. The Morgan fingerprint density at radius 1 is 1.43 bits per heavy atom. The summed E-state index contributed by atoms with van der Waals surface area (Å²) >= 11 is 1.85. The second-order valence-corrected chi connectivity index (χ2v) is 6.67. The van der Waals surface area contributed by atoms with Crippen molar-refractivity contribution in [2.45, 2.75) is 26.2 Å². The monoisotopic (exact) mass is 307 g/mol. The average molecular weight is 307 g/mol. The van der Waals surface area contributed by atoms with Crippen LogP contribution >= 0.6 is 11.8 Å². The number of pyridine rings is 1. The number of carbonyl (C=O) groups excluding carboxylic acids is 1. The van der Waals surface area contributed by atoms with Crippen molar-refractivity contribution in [3.05, 3.63) is 23.9 Å². The number of piperidine rings is 1. The Morgan fingerprint density at radius 2 is 2.19 bits per heavy atom. The summed E-state index contributed by atoms with van der Waals surface area (Å²) in [5.74, 6) is 2.85. The van der Waals surface area contributed by atoms with Gasteiger partial charge in [-0.1, -0.05) is 6.92 Å². The third-order valence-electron chi connectivity index (χ3n) is 3.91. The van der Waals surface area contributed by atoms with Crippen LogP contribution in [0.5, 0.6) is 0 Å². The van der Waals surface area contributed by atoms with Gasteiger partial charge >= 0.3 is 0 Å². The highest BCUT2D eigenvalue weighted by molar-refractivity contribution is 7.98. The summed E-state index contributed by atoms with van der Waals surface area (Å²) in [4.78, 5) is 18.7. The van der Waals surface area contributed by atoms with Crippen molar-refractivity contribution in [3.63, 3.8) is 0 Å². The maximum Gasteiger partial charge on any atom is 0.255 e. The van der Waals surface area contributed by atoms with Gasteiger partial charge in [0.2, 0.25) is 0 Å². The van der Waals surface area contributed by atoms with E-state index >= 15 is 0 Å². The minimum absolute atomic E-state index is 0.114. The van der Waals surface area contributed by atoms with Crippen LogP contribution in [0.15, 0.2) is 18.3 Å². The normalized spacial score (nSPS) is 16.0. The summed E-state index contributed by atoms with van der Waals surface area (Å²) in [6.45, 7) is 4.91. The zero-order chi connectivity index (χ0) is 15.1. The first-order chi connectivity index (χ1) is 10.2. The van der Waals surface area contributed by atoms with Crippen molar-refractivity contribution < 1.29 is 4.79 Å². The highest BCUT2D eigenvalue weighted by Crippen LogP contribution is 2.18. The SMILES string of the molecule is CSCCCNc1ccc(C(=O)N2CCC(C)CC2)cn1. The van der Waals surface area contributed by atoms with Crippen molar-refractivity contribution in [1.82, 2.24) is 9.88 Å². The molecule has 2 heterocycles. The molecular weight excluding hydrogens is 282 g/mol. The lowest BCUT2D eigenvalue weighted by Gasteiger charge is -2.30. The number of anilines is 1. The quantitative estimate of drug-likeness (QED) is 0.820. The molecule has 1 aliphatic rings. The second-order valence-electron chi connectivity index (χ2n) is 5.68. The average Bonchev–Trinajstić information content (AvgIpc) is 2.52. The Labute approximate surface area is 131 Å². The van der Waals surface area contributed by atoms with Gasteiger partial charge in [-0.05, 0) is 49.3 Å². The largest absolute Gasteiger partial charge is 0.370 e. The van der Waals surface area contributed by atoms with Gasteiger partial charge in [0, 0.05) is 25.8 Å². The zero-order valence-electron chi connectivity index (χ0n) is 13.0. The van der Waals surface area contributed by atoms with Crippen LogP contribution in [-0.2, 0) is 0 Å². The van der Waals surface area contributed by atoms with Gasteiger partial charge < -0.3 is 10.2 Å². The Morgan fingerprint density at radius 3 is 2.81 bits per heavy atom. The Hall–Kier alpha value is -1.23. The van der Waals surface area contributed by atoms with Gasteiger partial charge in [-0.3, -0.25) is 4.79 Å². The summed E-state index contributed by atoms with van der Waals surface area (Å²) in [5, 5.41) is 3.28. The summed E-state index contributed by atoms with van der Waals surface area (Å²) in [6, 6.07) is 3.78. The van der Waals surface area contributed by atoms with Crippen LogP contribution < -0.4 is 5.32 Å². The molecule has 1 N–H and O–H groups in total. The number of hydrogen-bond acceptors (Lipinski definition) is 4. The molecule has 1 amide bonds. The number of hydrogen-bond donors (Lipinski definition) is 1. The van der Waals surface area contributed by atoms with Crippen LogP contribution in [0.2, 0.25) is 0 Å². The molecule has 4 nitrogen and oxygen atoms in total. The van der Waals surface area contributed by atoms with E-state index in [0.29, 0.717) is 5.56 Å². The van der Waals surface area contributed by atoms with Gasteiger partial charge in [0.15, 0.2) is 0 Å². The fourth-order valence-corrected chi connectivity index (χ4v) is 2.89. The smallest absolute Gasteiger partial charge is 0.255 e. The highest BCUT2D eigenvalue weighted by atomic mass is 32.2.